The van der Waals surface area contributed by atoms with Gasteiger partial charge in [0.2, 0.25) is 0 Å². The maximum Gasteiger partial charge on any atom is 0.0423 e. The van der Waals surface area contributed by atoms with Crippen LogP contribution in [-0.2, 0) is 13.1 Å². The Morgan fingerprint density at radius 1 is 1.08 bits per heavy atom. The van der Waals surface area contributed by atoms with Gasteiger partial charge in [0.1, 0.15) is 0 Å². The second kappa shape index (κ2) is 8.53. The van der Waals surface area contributed by atoms with E-state index in [4.69, 9.17) is 0 Å². The van der Waals surface area contributed by atoms with Crippen LogP contribution in [0, 0.1) is 17.8 Å². The molecule has 0 aliphatic heterocycles. The Labute approximate surface area is 154 Å². The monoisotopic (exact) mass is 338 g/mol. The van der Waals surface area contributed by atoms with E-state index in [0.29, 0.717) is 17.8 Å². The number of rotatable bonds is 7. The molecule has 0 radical (unpaired) electrons. The predicted octanol–water partition coefficient (Wildman–Crippen LogP) is 5.10. The highest BCUT2D eigenvalue weighted by atomic mass is 15.1. The number of hydrogen-bond donors (Lipinski definition) is 0. The van der Waals surface area contributed by atoms with E-state index >= 15 is 0 Å². The Balaban J connectivity index is 2.10. The van der Waals surface area contributed by atoms with Crippen LogP contribution in [0.2, 0.25) is 0 Å². The molecule has 2 heteroatoms. The third-order valence-electron chi connectivity index (χ3n) is 5.25. The van der Waals surface area contributed by atoms with E-state index in [-0.39, 0.29) is 0 Å². The lowest BCUT2D eigenvalue weighted by Gasteiger charge is -2.37. The van der Waals surface area contributed by atoms with Crippen molar-refractivity contribution in [1.82, 2.24) is 9.80 Å². The van der Waals surface area contributed by atoms with Gasteiger partial charge in [0.25, 0.3) is 0 Å². The van der Waals surface area contributed by atoms with E-state index in [0.717, 1.165) is 19.5 Å². The van der Waals surface area contributed by atoms with Crippen LogP contribution in [0.3, 0.4) is 0 Å². The van der Waals surface area contributed by atoms with Crippen LogP contribution in [-0.4, -0.2) is 30.9 Å². The average Bonchev–Trinajstić information content (AvgIpc) is 2.54. The maximum absolute atomic E-state index is 4.44. The fourth-order valence-corrected chi connectivity index (χ4v) is 3.83. The minimum Gasteiger partial charge on any atom is -0.374 e. The third kappa shape index (κ3) is 4.85. The Kier molecular flexibility index (Phi) is 6.66. The van der Waals surface area contributed by atoms with Crippen molar-refractivity contribution >= 4 is 0 Å². The summed E-state index contributed by atoms with van der Waals surface area (Å²) in [6.07, 6.45) is 5.77. The molecule has 0 heterocycles. The molecule has 0 fully saturated rings. The number of allylic oxidation sites excluding steroid dienone is 3. The van der Waals surface area contributed by atoms with Gasteiger partial charge in [-0.15, -0.1) is 0 Å². The Hall–Kier alpha value is -1.80. The zero-order valence-corrected chi connectivity index (χ0v) is 16.6. The van der Waals surface area contributed by atoms with E-state index in [9.17, 15) is 0 Å². The molecule has 1 aromatic carbocycles. The van der Waals surface area contributed by atoms with Gasteiger partial charge in [-0.05, 0) is 43.5 Å². The lowest BCUT2D eigenvalue weighted by molar-refractivity contribution is 0.327. The van der Waals surface area contributed by atoms with Crippen molar-refractivity contribution < 1.29 is 0 Å². The summed E-state index contributed by atoms with van der Waals surface area (Å²) in [5, 5.41) is 0. The maximum atomic E-state index is 4.44. The summed E-state index contributed by atoms with van der Waals surface area (Å²) in [5.41, 5.74) is 5.18. The summed E-state index contributed by atoms with van der Waals surface area (Å²) in [5.74, 6) is 1.28. The van der Waals surface area contributed by atoms with Crippen LogP contribution in [0.25, 0.3) is 0 Å². The zero-order chi connectivity index (χ0) is 18.6. The molecule has 0 aromatic heterocycles. The van der Waals surface area contributed by atoms with E-state index in [1.165, 1.54) is 22.4 Å². The molecule has 0 N–H and O–H groups in total. The molecule has 136 valence electrons. The van der Waals surface area contributed by atoms with Crippen LogP contribution >= 0.6 is 0 Å². The summed E-state index contributed by atoms with van der Waals surface area (Å²) in [4.78, 5) is 4.50. The molecule has 3 unspecified atom stereocenters. The standard InChI is InChI=1S/C23H34N2/c1-8-22-13-12-17(2)23(18(22)3)19(4)25(7)16-21-11-9-10-20(14-21)15-24(5)6/h9-14,17,22-23H,3-4,8,15-16H2,1-2,5-7H3. The SMILES string of the molecule is C=C1C(CC)C=CC(C)C1C(=C)N(C)Cc1cccc(CN(C)C)c1. The van der Waals surface area contributed by atoms with Crippen LogP contribution in [0.15, 0.2) is 60.8 Å². The molecule has 1 aliphatic carbocycles. The molecule has 0 amide bonds. The van der Waals surface area contributed by atoms with Gasteiger partial charge in [-0.2, -0.15) is 0 Å². The molecular weight excluding hydrogens is 304 g/mol. The average molecular weight is 339 g/mol. The molecule has 3 atom stereocenters. The van der Waals surface area contributed by atoms with Crippen LogP contribution in [0.4, 0.5) is 0 Å². The van der Waals surface area contributed by atoms with Crippen LogP contribution < -0.4 is 0 Å². The van der Waals surface area contributed by atoms with Crippen molar-refractivity contribution in [3.8, 4) is 0 Å². The van der Waals surface area contributed by atoms with Crippen molar-refractivity contribution in [1.29, 1.82) is 0 Å². The van der Waals surface area contributed by atoms with Crippen molar-refractivity contribution in [3.63, 3.8) is 0 Å². The van der Waals surface area contributed by atoms with Gasteiger partial charge in [0, 0.05) is 31.8 Å². The van der Waals surface area contributed by atoms with Gasteiger partial charge in [-0.25, -0.2) is 0 Å². The van der Waals surface area contributed by atoms with E-state index < -0.39 is 0 Å². The first-order chi connectivity index (χ1) is 11.8. The predicted molar refractivity (Wildman–Crippen MR) is 109 cm³/mol. The van der Waals surface area contributed by atoms with Crippen molar-refractivity contribution in [2.45, 2.75) is 33.4 Å². The van der Waals surface area contributed by atoms with E-state index in [2.05, 4.69) is 94.4 Å². The Morgan fingerprint density at radius 2 is 1.72 bits per heavy atom. The summed E-state index contributed by atoms with van der Waals surface area (Å²) in [6, 6.07) is 8.86. The van der Waals surface area contributed by atoms with Crippen molar-refractivity contribution in [2.75, 3.05) is 21.1 Å². The molecule has 1 aromatic rings. The van der Waals surface area contributed by atoms with Crippen molar-refractivity contribution in [3.05, 3.63) is 72.0 Å². The van der Waals surface area contributed by atoms with Gasteiger partial charge in [-0.3, -0.25) is 0 Å². The molecule has 2 nitrogen and oxygen atoms in total. The minimum absolute atomic E-state index is 0.338. The Morgan fingerprint density at radius 3 is 2.32 bits per heavy atom. The van der Waals surface area contributed by atoms with E-state index in [1.807, 2.05) is 0 Å². The molecule has 2 rings (SSSR count). The van der Waals surface area contributed by atoms with E-state index in [1.54, 1.807) is 0 Å². The number of hydrogen-bond acceptors (Lipinski definition) is 2. The molecule has 0 spiro atoms. The molecular formula is C23H34N2. The van der Waals surface area contributed by atoms with Crippen LogP contribution in [0.5, 0.6) is 0 Å². The smallest absolute Gasteiger partial charge is 0.0423 e. The first-order valence-electron chi connectivity index (χ1n) is 9.33. The summed E-state index contributed by atoms with van der Waals surface area (Å²) < 4.78 is 0. The quantitative estimate of drug-likeness (QED) is 0.638. The fraction of sp³-hybridized carbons (Fsp3) is 0.478. The number of benzene rings is 1. The highest BCUT2D eigenvalue weighted by Crippen LogP contribution is 2.39. The lowest BCUT2D eigenvalue weighted by atomic mass is 9.74. The van der Waals surface area contributed by atoms with Gasteiger partial charge in [0.05, 0.1) is 0 Å². The largest absolute Gasteiger partial charge is 0.374 e. The molecule has 1 aliphatic rings. The minimum atomic E-state index is 0.338. The third-order valence-corrected chi connectivity index (χ3v) is 5.25. The second-order valence-corrected chi connectivity index (χ2v) is 7.72. The first kappa shape index (κ1) is 19.5. The van der Waals surface area contributed by atoms with Gasteiger partial charge < -0.3 is 9.80 Å². The summed E-state index contributed by atoms with van der Waals surface area (Å²) in [6.45, 7) is 15.2. The lowest BCUT2D eigenvalue weighted by Crippen LogP contribution is -2.30. The second-order valence-electron chi connectivity index (χ2n) is 7.72. The first-order valence-corrected chi connectivity index (χ1v) is 9.33. The van der Waals surface area contributed by atoms with Crippen LogP contribution in [0.1, 0.15) is 31.4 Å². The van der Waals surface area contributed by atoms with Gasteiger partial charge in [0.15, 0.2) is 0 Å². The normalized spacial score (nSPS) is 23.1. The summed E-state index contributed by atoms with van der Waals surface area (Å²) >= 11 is 0. The highest BCUT2D eigenvalue weighted by molar-refractivity contribution is 5.29. The zero-order valence-electron chi connectivity index (χ0n) is 16.6. The summed E-state index contributed by atoms with van der Waals surface area (Å²) in [7, 11) is 6.36. The van der Waals surface area contributed by atoms with Gasteiger partial charge >= 0.3 is 0 Å². The molecule has 0 bridgehead atoms. The fourth-order valence-electron chi connectivity index (χ4n) is 3.83. The topological polar surface area (TPSA) is 6.48 Å². The number of nitrogens with zero attached hydrogens (tertiary/aromatic N) is 2. The molecule has 0 saturated heterocycles. The highest BCUT2D eigenvalue weighted by Gasteiger charge is 2.30. The molecule has 25 heavy (non-hydrogen) atoms. The van der Waals surface area contributed by atoms with Crippen molar-refractivity contribution in [2.24, 2.45) is 17.8 Å². The molecule has 0 saturated carbocycles. The Bertz CT molecular complexity index is 641. The van der Waals surface area contributed by atoms with Gasteiger partial charge in [-0.1, -0.05) is 69.0 Å².